The van der Waals surface area contributed by atoms with Crippen molar-refractivity contribution < 1.29 is 9.59 Å². The summed E-state index contributed by atoms with van der Waals surface area (Å²) in [6.07, 6.45) is 2.45. The summed E-state index contributed by atoms with van der Waals surface area (Å²) in [5, 5.41) is 0. The van der Waals surface area contributed by atoms with Crippen LogP contribution >= 0.6 is 0 Å². The Morgan fingerprint density at radius 2 is 2.00 bits per heavy atom. The smallest absolute Gasteiger partial charge is 0.202 e. The van der Waals surface area contributed by atoms with Gasteiger partial charge in [-0.05, 0) is 6.92 Å². The molecule has 0 saturated heterocycles. The van der Waals surface area contributed by atoms with Crippen molar-refractivity contribution in [2.24, 2.45) is 0 Å². The van der Waals surface area contributed by atoms with E-state index in [9.17, 15) is 9.59 Å². The molecule has 0 heterocycles. The normalized spacial score (nSPS) is 19.9. The van der Waals surface area contributed by atoms with Crippen LogP contribution in [0.15, 0.2) is 11.6 Å². The molecule has 2 nitrogen and oxygen atoms in total. The fourth-order valence-corrected chi connectivity index (χ4v) is 0.805. The monoisotopic (exact) mass is 124 g/mol. The van der Waals surface area contributed by atoms with Crippen molar-refractivity contribution >= 4 is 11.6 Å². The zero-order chi connectivity index (χ0) is 6.85. The second kappa shape index (κ2) is 2.13. The fraction of sp³-hybridized carbons (Fsp3) is 0.429. The number of carbonyl (C=O) groups excluding carboxylic acids is 2. The van der Waals surface area contributed by atoms with Crippen LogP contribution in [0.5, 0.6) is 0 Å². The van der Waals surface area contributed by atoms with E-state index in [4.69, 9.17) is 0 Å². The molecule has 0 spiro atoms. The molecule has 2 heteroatoms. The molecule has 0 fully saturated rings. The van der Waals surface area contributed by atoms with E-state index >= 15 is 0 Å². The minimum absolute atomic E-state index is 0.241. The number of ketones is 2. The Kier molecular flexibility index (Phi) is 1.47. The highest BCUT2D eigenvalue weighted by atomic mass is 16.2. The minimum atomic E-state index is -0.249. The number of rotatable bonds is 0. The number of hydrogen-bond donors (Lipinski definition) is 0. The summed E-state index contributed by atoms with van der Waals surface area (Å²) in [4.78, 5) is 21.2. The molecule has 0 bridgehead atoms. The van der Waals surface area contributed by atoms with Gasteiger partial charge in [0.2, 0.25) is 11.6 Å². The summed E-state index contributed by atoms with van der Waals surface area (Å²) in [6, 6.07) is 0. The Morgan fingerprint density at radius 3 is 2.44 bits per heavy atom. The van der Waals surface area contributed by atoms with E-state index in [1.165, 1.54) is 0 Å². The first kappa shape index (κ1) is 6.20. The summed E-state index contributed by atoms with van der Waals surface area (Å²) in [5.41, 5.74) is 1.01. The fourth-order valence-electron chi connectivity index (χ4n) is 0.805. The quantitative estimate of drug-likeness (QED) is 0.354. The maximum Gasteiger partial charge on any atom is 0.202 e. The topological polar surface area (TPSA) is 34.1 Å². The minimum Gasteiger partial charge on any atom is -0.291 e. The zero-order valence-corrected chi connectivity index (χ0v) is 5.31. The SMILES string of the molecule is CC1=CCC(=O)C(=O)C1. The van der Waals surface area contributed by atoms with E-state index in [-0.39, 0.29) is 11.6 Å². The van der Waals surface area contributed by atoms with Crippen LogP contribution in [-0.2, 0) is 9.59 Å². The van der Waals surface area contributed by atoms with Gasteiger partial charge in [0, 0.05) is 12.8 Å². The molecule has 1 aliphatic carbocycles. The molecule has 0 unspecified atom stereocenters. The first-order chi connectivity index (χ1) is 4.20. The Hall–Kier alpha value is -0.920. The maximum atomic E-state index is 10.6. The number of Topliss-reactive ketones (excluding diaryl/α,β-unsaturated/α-hetero) is 2. The number of carbonyl (C=O) groups is 2. The van der Waals surface area contributed by atoms with Gasteiger partial charge in [0.05, 0.1) is 0 Å². The standard InChI is InChI=1S/C7H8O2/c1-5-2-3-6(8)7(9)4-5/h2H,3-4H2,1H3. The molecule has 1 rings (SSSR count). The van der Waals surface area contributed by atoms with Gasteiger partial charge in [-0.2, -0.15) is 0 Å². The predicted octanol–water partition coefficient (Wildman–Crippen LogP) is 0.865. The average Bonchev–Trinajstić information content (AvgIpc) is 1.80. The molecule has 0 aromatic rings. The first-order valence-corrected chi connectivity index (χ1v) is 2.92. The lowest BCUT2D eigenvalue weighted by molar-refractivity contribution is -0.136. The summed E-state index contributed by atoms with van der Waals surface area (Å²) in [5.74, 6) is -0.490. The van der Waals surface area contributed by atoms with Crippen LogP contribution in [0.25, 0.3) is 0 Å². The second-order valence-corrected chi connectivity index (χ2v) is 2.28. The van der Waals surface area contributed by atoms with Gasteiger partial charge in [-0.1, -0.05) is 11.6 Å². The second-order valence-electron chi connectivity index (χ2n) is 2.28. The van der Waals surface area contributed by atoms with Gasteiger partial charge in [0.25, 0.3) is 0 Å². The molecule has 0 aliphatic heterocycles. The molecular formula is C7H8O2. The highest BCUT2D eigenvalue weighted by Crippen LogP contribution is 2.09. The molecule has 1 aliphatic rings. The lowest BCUT2D eigenvalue weighted by Crippen LogP contribution is -2.16. The van der Waals surface area contributed by atoms with Crippen molar-refractivity contribution in [1.82, 2.24) is 0 Å². The van der Waals surface area contributed by atoms with E-state index in [0.29, 0.717) is 12.8 Å². The summed E-state index contributed by atoms with van der Waals surface area (Å²) >= 11 is 0. The molecule has 0 saturated carbocycles. The molecule has 0 aromatic carbocycles. The first-order valence-electron chi connectivity index (χ1n) is 2.92. The third-order valence-electron chi connectivity index (χ3n) is 1.39. The van der Waals surface area contributed by atoms with Gasteiger partial charge in [0.15, 0.2) is 0 Å². The highest BCUT2D eigenvalue weighted by molar-refractivity contribution is 6.38. The summed E-state index contributed by atoms with van der Waals surface area (Å²) in [6.45, 7) is 1.87. The largest absolute Gasteiger partial charge is 0.291 e. The number of allylic oxidation sites excluding steroid dienone is 2. The van der Waals surface area contributed by atoms with Crippen LogP contribution < -0.4 is 0 Å². The molecule has 9 heavy (non-hydrogen) atoms. The Morgan fingerprint density at radius 1 is 1.33 bits per heavy atom. The highest BCUT2D eigenvalue weighted by Gasteiger charge is 2.16. The van der Waals surface area contributed by atoms with E-state index in [1.807, 2.05) is 13.0 Å². The Labute approximate surface area is 53.6 Å². The van der Waals surface area contributed by atoms with Crippen LogP contribution in [0.4, 0.5) is 0 Å². The van der Waals surface area contributed by atoms with E-state index in [2.05, 4.69) is 0 Å². The van der Waals surface area contributed by atoms with Crippen molar-refractivity contribution in [3.05, 3.63) is 11.6 Å². The van der Waals surface area contributed by atoms with Crippen molar-refractivity contribution in [3.8, 4) is 0 Å². The van der Waals surface area contributed by atoms with Gasteiger partial charge in [0.1, 0.15) is 0 Å². The van der Waals surface area contributed by atoms with Crippen LogP contribution in [0.1, 0.15) is 19.8 Å². The van der Waals surface area contributed by atoms with E-state index in [0.717, 1.165) is 5.57 Å². The van der Waals surface area contributed by atoms with Crippen molar-refractivity contribution in [1.29, 1.82) is 0 Å². The van der Waals surface area contributed by atoms with Crippen molar-refractivity contribution in [3.63, 3.8) is 0 Å². The van der Waals surface area contributed by atoms with Crippen LogP contribution in [0.3, 0.4) is 0 Å². The molecular weight excluding hydrogens is 116 g/mol. The molecule has 0 amide bonds. The van der Waals surface area contributed by atoms with E-state index < -0.39 is 0 Å². The van der Waals surface area contributed by atoms with Gasteiger partial charge in [-0.15, -0.1) is 0 Å². The predicted molar refractivity (Wildman–Crippen MR) is 33.0 cm³/mol. The average molecular weight is 124 g/mol. The van der Waals surface area contributed by atoms with Gasteiger partial charge in [-0.25, -0.2) is 0 Å². The van der Waals surface area contributed by atoms with Crippen LogP contribution in [0, 0.1) is 0 Å². The van der Waals surface area contributed by atoms with Crippen molar-refractivity contribution in [2.75, 3.05) is 0 Å². The summed E-state index contributed by atoms with van der Waals surface area (Å²) in [7, 11) is 0. The van der Waals surface area contributed by atoms with Gasteiger partial charge >= 0.3 is 0 Å². The maximum absolute atomic E-state index is 10.6. The van der Waals surface area contributed by atoms with Gasteiger partial charge in [-0.3, -0.25) is 9.59 Å². The zero-order valence-electron chi connectivity index (χ0n) is 5.31. The molecule has 0 atom stereocenters. The number of hydrogen-bond acceptors (Lipinski definition) is 2. The third-order valence-corrected chi connectivity index (χ3v) is 1.39. The Bertz CT molecular complexity index is 189. The Balaban J connectivity index is 2.77. The van der Waals surface area contributed by atoms with Crippen LogP contribution in [0.2, 0.25) is 0 Å². The van der Waals surface area contributed by atoms with E-state index in [1.54, 1.807) is 0 Å². The molecule has 0 aromatic heterocycles. The summed E-state index contributed by atoms with van der Waals surface area (Å²) < 4.78 is 0. The third kappa shape index (κ3) is 1.25. The lowest BCUT2D eigenvalue weighted by atomic mass is 9.99. The van der Waals surface area contributed by atoms with Crippen LogP contribution in [-0.4, -0.2) is 11.6 Å². The molecule has 48 valence electrons. The molecule has 0 N–H and O–H groups in total. The van der Waals surface area contributed by atoms with Crippen molar-refractivity contribution in [2.45, 2.75) is 19.8 Å². The lowest BCUT2D eigenvalue weighted by Gasteiger charge is -2.04. The van der Waals surface area contributed by atoms with Gasteiger partial charge < -0.3 is 0 Å². The molecule has 0 radical (unpaired) electrons.